The van der Waals surface area contributed by atoms with Crippen LogP contribution in [0.5, 0.6) is 11.5 Å². The average Bonchev–Trinajstić information content (AvgIpc) is 2.19. The number of benzene rings is 1. The van der Waals surface area contributed by atoms with Crippen molar-refractivity contribution in [2.24, 2.45) is 0 Å². The van der Waals surface area contributed by atoms with Crippen LogP contribution < -0.4 is 9.47 Å². The molecule has 0 bridgehead atoms. The molecule has 0 amide bonds. The van der Waals surface area contributed by atoms with Gasteiger partial charge in [-0.3, -0.25) is 0 Å². The molecular weight excluding hydrogens is 180 g/mol. The topological polar surface area (TPSA) is 38.7 Å². The van der Waals surface area contributed by atoms with Crippen LogP contribution in [0.25, 0.3) is 0 Å². The van der Waals surface area contributed by atoms with Crippen LogP contribution >= 0.6 is 0 Å². The van der Waals surface area contributed by atoms with Crippen molar-refractivity contribution in [3.8, 4) is 11.5 Å². The number of rotatable bonds is 4. The summed E-state index contributed by atoms with van der Waals surface area (Å²) in [6.45, 7) is 3.53. The molecule has 78 valence electrons. The lowest BCUT2D eigenvalue weighted by atomic mass is 10.2. The van der Waals surface area contributed by atoms with E-state index in [0.29, 0.717) is 0 Å². The summed E-state index contributed by atoms with van der Waals surface area (Å²) in [6, 6.07) is 7.28. The Hall–Kier alpha value is -1.22. The van der Waals surface area contributed by atoms with Gasteiger partial charge in [0.25, 0.3) is 0 Å². The highest BCUT2D eigenvalue weighted by molar-refractivity contribution is 5.31. The zero-order valence-electron chi connectivity index (χ0n) is 8.73. The maximum absolute atomic E-state index is 9.23. The fraction of sp³-hybridized carbons (Fsp3) is 0.455. The largest absolute Gasteiger partial charge is 0.497 e. The molecular formula is C11H16O3. The van der Waals surface area contributed by atoms with E-state index in [9.17, 15) is 5.11 Å². The van der Waals surface area contributed by atoms with E-state index >= 15 is 0 Å². The van der Waals surface area contributed by atoms with Crippen LogP contribution in [0, 0.1) is 0 Å². The average molecular weight is 196 g/mol. The molecule has 0 radical (unpaired) electrons. The summed E-state index contributed by atoms with van der Waals surface area (Å²) in [4.78, 5) is 0. The van der Waals surface area contributed by atoms with Crippen LogP contribution in [0.15, 0.2) is 24.3 Å². The minimum atomic E-state index is -0.475. The summed E-state index contributed by atoms with van der Waals surface area (Å²) in [5.41, 5.74) is 0. The second kappa shape index (κ2) is 4.86. The summed E-state index contributed by atoms with van der Waals surface area (Å²) in [6.07, 6.45) is -0.680. The van der Waals surface area contributed by atoms with Gasteiger partial charge in [-0.1, -0.05) is 0 Å². The predicted molar refractivity (Wildman–Crippen MR) is 54.8 cm³/mol. The third-order valence-electron chi connectivity index (χ3n) is 2.06. The highest BCUT2D eigenvalue weighted by atomic mass is 16.5. The van der Waals surface area contributed by atoms with Crippen LogP contribution in [0.3, 0.4) is 0 Å². The van der Waals surface area contributed by atoms with E-state index in [1.165, 1.54) is 0 Å². The number of aliphatic hydroxyl groups excluding tert-OH is 1. The summed E-state index contributed by atoms with van der Waals surface area (Å²) in [5, 5.41) is 9.23. The molecule has 0 aromatic heterocycles. The summed E-state index contributed by atoms with van der Waals surface area (Å²) in [5.74, 6) is 1.53. The molecule has 14 heavy (non-hydrogen) atoms. The van der Waals surface area contributed by atoms with Crippen LogP contribution in [0.4, 0.5) is 0 Å². The van der Waals surface area contributed by atoms with Gasteiger partial charge >= 0.3 is 0 Å². The maximum Gasteiger partial charge on any atom is 0.121 e. The first-order valence-electron chi connectivity index (χ1n) is 4.62. The maximum atomic E-state index is 9.23. The Morgan fingerprint density at radius 2 is 1.57 bits per heavy atom. The molecule has 0 spiro atoms. The van der Waals surface area contributed by atoms with Crippen molar-refractivity contribution in [1.82, 2.24) is 0 Å². The number of hydrogen-bond donors (Lipinski definition) is 1. The normalized spacial score (nSPS) is 14.6. The van der Waals surface area contributed by atoms with Crippen LogP contribution in [0.1, 0.15) is 13.8 Å². The van der Waals surface area contributed by atoms with Crippen molar-refractivity contribution in [1.29, 1.82) is 0 Å². The minimum absolute atomic E-state index is 0.205. The van der Waals surface area contributed by atoms with Crippen molar-refractivity contribution < 1.29 is 14.6 Å². The number of ether oxygens (including phenoxy) is 2. The van der Waals surface area contributed by atoms with E-state index in [0.717, 1.165) is 11.5 Å². The zero-order chi connectivity index (χ0) is 10.6. The van der Waals surface area contributed by atoms with Gasteiger partial charge in [0.2, 0.25) is 0 Å². The number of methoxy groups -OCH3 is 1. The Morgan fingerprint density at radius 1 is 1.07 bits per heavy atom. The summed E-state index contributed by atoms with van der Waals surface area (Å²) in [7, 11) is 1.62. The molecule has 0 aliphatic carbocycles. The Balaban J connectivity index is 2.59. The van der Waals surface area contributed by atoms with E-state index in [4.69, 9.17) is 9.47 Å². The first kappa shape index (κ1) is 10.9. The lowest BCUT2D eigenvalue weighted by molar-refractivity contribution is 0.0604. The van der Waals surface area contributed by atoms with Crippen molar-refractivity contribution >= 4 is 0 Å². The molecule has 1 aromatic rings. The highest BCUT2D eigenvalue weighted by Crippen LogP contribution is 2.18. The lowest BCUT2D eigenvalue weighted by Crippen LogP contribution is -2.25. The molecule has 1 rings (SSSR count). The second-order valence-electron chi connectivity index (χ2n) is 3.24. The van der Waals surface area contributed by atoms with E-state index in [-0.39, 0.29) is 6.10 Å². The van der Waals surface area contributed by atoms with Crippen molar-refractivity contribution in [3.63, 3.8) is 0 Å². The molecule has 1 N–H and O–H groups in total. The first-order chi connectivity index (χ1) is 6.63. The third-order valence-corrected chi connectivity index (χ3v) is 2.06. The number of aliphatic hydroxyl groups is 1. The fourth-order valence-corrected chi connectivity index (χ4v) is 0.967. The Labute approximate surface area is 84.3 Å². The molecule has 2 atom stereocenters. The van der Waals surface area contributed by atoms with Gasteiger partial charge in [-0.15, -0.1) is 0 Å². The number of hydrogen-bond acceptors (Lipinski definition) is 3. The van der Waals surface area contributed by atoms with Gasteiger partial charge in [-0.2, -0.15) is 0 Å². The molecule has 1 unspecified atom stereocenters. The molecule has 0 aliphatic heterocycles. The molecule has 0 saturated carbocycles. The van der Waals surface area contributed by atoms with Gasteiger partial charge < -0.3 is 14.6 Å². The molecule has 1 aromatic carbocycles. The fourth-order valence-electron chi connectivity index (χ4n) is 0.967. The lowest BCUT2D eigenvalue weighted by Gasteiger charge is -2.17. The van der Waals surface area contributed by atoms with Crippen LogP contribution in [-0.2, 0) is 0 Å². The van der Waals surface area contributed by atoms with Gasteiger partial charge in [0.1, 0.15) is 17.6 Å². The SMILES string of the molecule is COc1ccc(OC(C)[C@H](C)O)cc1. The van der Waals surface area contributed by atoms with Crippen molar-refractivity contribution in [3.05, 3.63) is 24.3 Å². The van der Waals surface area contributed by atoms with Gasteiger partial charge in [0.15, 0.2) is 0 Å². The summed E-state index contributed by atoms with van der Waals surface area (Å²) < 4.78 is 10.5. The molecule has 0 aliphatic rings. The molecule has 0 heterocycles. The van der Waals surface area contributed by atoms with Gasteiger partial charge in [-0.25, -0.2) is 0 Å². The Kier molecular flexibility index (Phi) is 3.77. The Bertz CT molecular complexity index is 266. The molecule has 3 nitrogen and oxygen atoms in total. The molecule has 0 fully saturated rings. The van der Waals surface area contributed by atoms with Gasteiger partial charge in [0.05, 0.1) is 13.2 Å². The van der Waals surface area contributed by atoms with Crippen LogP contribution in [0.2, 0.25) is 0 Å². The minimum Gasteiger partial charge on any atom is -0.497 e. The van der Waals surface area contributed by atoms with E-state index in [1.54, 1.807) is 14.0 Å². The molecule has 0 saturated heterocycles. The van der Waals surface area contributed by atoms with Crippen LogP contribution in [-0.4, -0.2) is 24.4 Å². The standard InChI is InChI=1S/C11H16O3/c1-8(12)9(2)14-11-6-4-10(13-3)5-7-11/h4-9,12H,1-3H3/t8-,9?/m0/s1. The van der Waals surface area contributed by atoms with Crippen molar-refractivity contribution in [2.75, 3.05) is 7.11 Å². The van der Waals surface area contributed by atoms with E-state index in [1.807, 2.05) is 31.2 Å². The third kappa shape index (κ3) is 2.92. The summed E-state index contributed by atoms with van der Waals surface area (Å²) >= 11 is 0. The van der Waals surface area contributed by atoms with Gasteiger partial charge in [0, 0.05) is 0 Å². The van der Waals surface area contributed by atoms with E-state index < -0.39 is 6.10 Å². The van der Waals surface area contributed by atoms with Gasteiger partial charge in [-0.05, 0) is 38.1 Å². The predicted octanol–water partition coefficient (Wildman–Crippen LogP) is 1.84. The smallest absolute Gasteiger partial charge is 0.121 e. The quantitative estimate of drug-likeness (QED) is 0.798. The Morgan fingerprint density at radius 3 is 2.00 bits per heavy atom. The van der Waals surface area contributed by atoms with Crippen molar-refractivity contribution in [2.45, 2.75) is 26.1 Å². The first-order valence-corrected chi connectivity index (χ1v) is 4.62. The monoisotopic (exact) mass is 196 g/mol. The van der Waals surface area contributed by atoms with E-state index in [2.05, 4.69) is 0 Å². The highest BCUT2D eigenvalue weighted by Gasteiger charge is 2.09. The second-order valence-corrected chi connectivity index (χ2v) is 3.24. The zero-order valence-corrected chi connectivity index (χ0v) is 8.73. The molecule has 3 heteroatoms.